The van der Waals surface area contributed by atoms with E-state index in [4.69, 9.17) is 4.42 Å². The molecule has 3 rings (SSSR count). The highest BCUT2D eigenvalue weighted by atomic mass is 16.6. The van der Waals surface area contributed by atoms with Crippen molar-refractivity contribution in [3.05, 3.63) is 63.9 Å². The molecular weight excluding hydrogens is 284 g/mol. The van der Waals surface area contributed by atoms with E-state index < -0.39 is 10.8 Å². The Balaban J connectivity index is 1.74. The minimum absolute atomic E-state index is 0.0339. The first-order valence-corrected chi connectivity index (χ1v) is 7.24. The second kappa shape index (κ2) is 6.01. The molecule has 0 aliphatic carbocycles. The highest BCUT2D eigenvalue weighted by molar-refractivity contribution is 5.92. The molecule has 1 amide bonds. The van der Waals surface area contributed by atoms with Gasteiger partial charge in [0.25, 0.3) is 5.91 Å². The lowest BCUT2D eigenvalue weighted by Crippen LogP contribution is -2.36. The predicted molar refractivity (Wildman–Crippen MR) is 79.6 cm³/mol. The zero-order valence-corrected chi connectivity index (χ0v) is 12.0. The van der Waals surface area contributed by atoms with Gasteiger partial charge >= 0.3 is 5.88 Å². The van der Waals surface area contributed by atoms with Crippen LogP contribution in [0.4, 0.5) is 5.88 Å². The van der Waals surface area contributed by atoms with Crippen LogP contribution in [-0.2, 0) is 6.42 Å². The van der Waals surface area contributed by atoms with Gasteiger partial charge in [0, 0.05) is 12.6 Å². The summed E-state index contributed by atoms with van der Waals surface area (Å²) in [7, 11) is 0. The summed E-state index contributed by atoms with van der Waals surface area (Å²) >= 11 is 0. The lowest BCUT2D eigenvalue weighted by Gasteiger charge is -2.23. The molecule has 1 aromatic carbocycles. The largest absolute Gasteiger partial charge is 0.433 e. The lowest BCUT2D eigenvalue weighted by atomic mass is 10.0. The number of benzene rings is 1. The fraction of sp³-hybridized carbons (Fsp3) is 0.312. The summed E-state index contributed by atoms with van der Waals surface area (Å²) in [6.45, 7) is 0.658. The molecule has 1 saturated heterocycles. The normalized spacial score (nSPS) is 17.6. The molecule has 6 nitrogen and oxygen atoms in total. The van der Waals surface area contributed by atoms with Crippen molar-refractivity contribution in [1.82, 2.24) is 4.90 Å². The van der Waals surface area contributed by atoms with Crippen LogP contribution in [0.1, 0.15) is 29.0 Å². The number of carbonyl (C=O) groups excluding carboxylic acids is 1. The van der Waals surface area contributed by atoms with Gasteiger partial charge in [-0.2, -0.15) is 0 Å². The number of carbonyl (C=O) groups is 1. The van der Waals surface area contributed by atoms with Crippen molar-refractivity contribution < 1.29 is 14.1 Å². The maximum Gasteiger partial charge on any atom is 0.433 e. The molecule has 6 heteroatoms. The Morgan fingerprint density at radius 1 is 1.27 bits per heavy atom. The van der Waals surface area contributed by atoms with E-state index in [9.17, 15) is 14.9 Å². The molecule has 0 bridgehead atoms. The molecule has 0 N–H and O–H groups in total. The summed E-state index contributed by atoms with van der Waals surface area (Å²) in [5, 5.41) is 10.7. The molecule has 1 aromatic heterocycles. The predicted octanol–water partition coefficient (Wildman–Crippen LogP) is 3.04. The number of furan rings is 1. The van der Waals surface area contributed by atoms with Gasteiger partial charge in [0.2, 0.25) is 0 Å². The van der Waals surface area contributed by atoms with E-state index in [0.29, 0.717) is 6.54 Å². The monoisotopic (exact) mass is 300 g/mol. The van der Waals surface area contributed by atoms with E-state index in [1.165, 1.54) is 17.7 Å². The molecule has 0 spiro atoms. The fourth-order valence-electron chi connectivity index (χ4n) is 2.88. The summed E-state index contributed by atoms with van der Waals surface area (Å²) in [5.74, 6) is -0.639. The Kier molecular flexibility index (Phi) is 3.91. The minimum atomic E-state index is -0.637. The molecule has 1 aliphatic rings. The van der Waals surface area contributed by atoms with E-state index in [0.717, 1.165) is 19.3 Å². The maximum absolute atomic E-state index is 12.5. The fourth-order valence-corrected chi connectivity index (χ4v) is 2.88. The van der Waals surface area contributed by atoms with Gasteiger partial charge in [0.15, 0.2) is 5.76 Å². The van der Waals surface area contributed by atoms with Crippen molar-refractivity contribution in [2.75, 3.05) is 6.54 Å². The van der Waals surface area contributed by atoms with Crippen LogP contribution >= 0.6 is 0 Å². The maximum atomic E-state index is 12.5. The highest BCUT2D eigenvalue weighted by Crippen LogP contribution is 2.25. The number of nitro groups is 1. The van der Waals surface area contributed by atoms with Crippen LogP contribution in [0, 0.1) is 10.1 Å². The highest BCUT2D eigenvalue weighted by Gasteiger charge is 2.31. The van der Waals surface area contributed by atoms with Crippen molar-refractivity contribution in [3.8, 4) is 0 Å². The lowest BCUT2D eigenvalue weighted by molar-refractivity contribution is -0.402. The Labute approximate surface area is 127 Å². The van der Waals surface area contributed by atoms with Crippen molar-refractivity contribution in [3.63, 3.8) is 0 Å². The number of likely N-dealkylation sites (tertiary alicyclic amines) is 1. The van der Waals surface area contributed by atoms with Crippen LogP contribution in [0.5, 0.6) is 0 Å². The molecular formula is C16H16N2O4. The zero-order valence-electron chi connectivity index (χ0n) is 12.0. The van der Waals surface area contributed by atoms with Gasteiger partial charge < -0.3 is 9.32 Å². The molecule has 2 heterocycles. The SMILES string of the molecule is O=C(c1ccc([N+](=O)[O-])o1)N1CCCC1Cc1ccccc1. The van der Waals surface area contributed by atoms with E-state index in [1.807, 2.05) is 30.3 Å². The van der Waals surface area contributed by atoms with Gasteiger partial charge in [-0.3, -0.25) is 14.9 Å². The Morgan fingerprint density at radius 2 is 2.05 bits per heavy atom. The first-order valence-electron chi connectivity index (χ1n) is 7.24. The minimum Gasteiger partial charge on any atom is -0.395 e. The van der Waals surface area contributed by atoms with E-state index >= 15 is 0 Å². The number of amides is 1. The topological polar surface area (TPSA) is 76.6 Å². The van der Waals surface area contributed by atoms with Crippen molar-refractivity contribution in [2.45, 2.75) is 25.3 Å². The summed E-state index contributed by atoms with van der Waals surface area (Å²) in [5.41, 5.74) is 1.18. The van der Waals surface area contributed by atoms with Gasteiger partial charge in [-0.1, -0.05) is 30.3 Å². The summed E-state index contributed by atoms with van der Waals surface area (Å²) < 4.78 is 5.03. The molecule has 2 aromatic rings. The second-order valence-electron chi connectivity index (χ2n) is 5.38. The molecule has 1 unspecified atom stereocenters. The molecule has 114 valence electrons. The van der Waals surface area contributed by atoms with Crippen LogP contribution in [-0.4, -0.2) is 28.3 Å². The first kappa shape index (κ1) is 14.3. The average Bonchev–Trinajstić information content (AvgIpc) is 3.17. The molecule has 22 heavy (non-hydrogen) atoms. The Morgan fingerprint density at radius 3 is 2.73 bits per heavy atom. The second-order valence-corrected chi connectivity index (χ2v) is 5.38. The Bertz CT molecular complexity index is 680. The molecule has 0 radical (unpaired) electrons. The number of rotatable bonds is 4. The van der Waals surface area contributed by atoms with Crippen molar-refractivity contribution in [2.24, 2.45) is 0 Å². The average molecular weight is 300 g/mol. The van der Waals surface area contributed by atoms with Crippen LogP contribution in [0.15, 0.2) is 46.9 Å². The summed E-state index contributed by atoms with van der Waals surface area (Å²) in [6.07, 6.45) is 2.66. The van der Waals surface area contributed by atoms with Crippen LogP contribution in [0.3, 0.4) is 0 Å². The third-order valence-corrected chi connectivity index (χ3v) is 3.93. The number of hydrogen-bond donors (Lipinski definition) is 0. The smallest absolute Gasteiger partial charge is 0.395 e. The third-order valence-electron chi connectivity index (χ3n) is 3.93. The van der Waals surface area contributed by atoms with E-state index in [-0.39, 0.29) is 17.7 Å². The molecule has 1 aliphatic heterocycles. The van der Waals surface area contributed by atoms with Gasteiger partial charge in [-0.25, -0.2) is 0 Å². The van der Waals surface area contributed by atoms with Gasteiger partial charge in [-0.15, -0.1) is 0 Å². The summed E-state index contributed by atoms with van der Waals surface area (Å²) in [4.78, 5) is 24.3. The molecule has 1 fully saturated rings. The van der Waals surface area contributed by atoms with Crippen molar-refractivity contribution >= 4 is 11.8 Å². The summed E-state index contributed by atoms with van der Waals surface area (Å²) in [6, 6.07) is 12.7. The van der Waals surface area contributed by atoms with Gasteiger partial charge in [0.1, 0.15) is 4.92 Å². The standard InChI is InChI=1S/C16H16N2O4/c19-16(14-8-9-15(22-14)18(20)21)17-10-4-7-13(17)11-12-5-2-1-3-6-12/h1-3,5-6,8-9,13H,4,7,10-11H2. The number of nitrogens with zero attached hydrogens (tertiary/aromatic N) is 2. The molecule has 0 saturated carbocycles. The van der Waals surface area contributed by atoms with E-state index in [1.54, 1.807) is 4.90 Å². The molecule has 1 atom stereocenters. The van der Waals surface area contributed by atoms with Crippen LogP contribution < -0.4 is 0 Å². The van der Waals surface area contributed by atoms with Crippen LogP contribution in [0.25, 0.3) is 0 Å². The van der Waals surface area contributed by atoms with Crippen molar-refractivity contribution in [1.29, 1.82) is 0 Å². The third kappa shape index (κ3) is 2.86. The first-order chi connectivity index (χ1) is 10.6. The van der Waals surface area contributed by atoms with E-state index in [2.05, 4.69) is 0 Å². The Hall–Kier alpha value is -2.63. The quantitative estimate of drug-likeness (QED) is 0.642. The zero-order chi connectivity index (χ0) is 15.5. The number of hydrogen-bond acceptors (Lipinski definition) is 4. The van der Waals surface area contributed by atoms with Gasteiger partial charge in [-0.05, 0) is 30.9 Å². The van der Waals surface area contributed by atoms with Crippen LogP contribution in [0.2, 0.25) is 0 Å². The van der Waals surface area contributed by atoms with Gasteiger partial charge in [0.05, 0.1) is 6.07 Å².